The summed E-state index contributed by atoms with van der Waals surface area (Å²) in [4.78, 5) is 0. The van der Waals surface area contributed by atoms with Crippen LogP contribution in [0.15, 0.2) is 18.2 Å². The summed E-state index contributed by atoms with van der Waals surface area (Å²) in [6.07, 6.45) is 1.07. The van der Waals surface area contributed by atoms with E-state index in [2.05, 4.69) is 0 Å². The highest BCUT2D eigenvalue weighted by Crippen LogP contribution is 2.40. The van der Waals surface area contributed by atoms with Crippen molar-refractivity contribution in [1.29, 1.82) is 0 Å². The van der Waals surface area contributed by atoms with Crippen molar-refractivity contribution < 1.29 is 0 Å². The predicted octanol–water partition coefficient (Wildman–Crippen LogP) is 2.81. The molecule has 0 heterocycles. The Hall–Kier alpha value is -0.240. The molecule has 1 aliphatic carbocycles. The smallest absolute Gasteiger partial charge is 0.0595 e. The molecule has 1 nitrogen and oxygen atoms in total. The molecule has 12 heavy (non-hydrogen) atoms. The lowest BCUT2D eigenvalue weighted by Gasteiger charge is -2.00. The Labute approximate surface area is 81.5 Å². The lowest BCUT2D eigenvalue weighted by Crippen LogP contribution is -2.00. The molecule has 1 aromatic carbocycles. The van der Waals surface area contributed by atoms with E-state index in [0.717, 1.165) is 6.42 Å². The number of halogens is 2. The molecule has 0 saturated heterocycles. The van der Waals surface area contributed by atoms with E-state index >= 15 is 0 Å². The predicted molar refractivity (Wildman–Crippen MR) is 51.8 cm³/mol. The highest BCUT2D eigenvalue weighted by molar-refractivity contribution is 6.42. The van der Waals surface area contributed by atoms with Crippen LogP contribution in [0.2, 0.25) is 10.0 Å². The van der Waals surface area contributed by atoms with E-state index in [9.17, 15) is 0 Å². The zero-order valence-electron chi connectivity index (χ0n) is 6.43. The van der Waals surface area contributed by atoms with Crippen LogP contribution in [-0.4, -0.2) is 6.04 Å². The third-order valence-electron chi connectivity index (χ3n) is 2.21. The minimum absolute atomic E-state index is 0.322. The number of hydrogen-bond donors (Lipinski definition) is 1. The van der Waals surface area contributed by atoms with E-state index in [1.54, 1.807) is 0 Å². The molecule has 1 saturated carbocycles. The van der Waals surface area contributed by atoms with E-state index in [-0.39, 0.29) is 0 Å². The molecule has 0 aromatic heterocycles. The third-order valence-corrected chi connectivity index (χ3v) is 2.95. The first-order valence-electron chi connectivity index (χ1n) is 3.89. The van der Waals surface area contributed by atoms with Gasteiger partial charge in [0.15, 0.2) is 0 Å². The van der Waals surface area contributed by atoms with Crippen LogP contribution < -0.4 is 5.73 Å². The Kier molecular flexibility index (Phi) is 2.03. The minimum atomic E-state index is 0.322. The van der Waals surface area contributed by atoms with Crippen LogP contribution in [0.1, 0.15) is 17.9 Å². The van der Waals surface area contributed by atoms with Crippen LogP contribution in [0, 0.1) is 0 Å². The Morgan fingerprint density at radius 1 is 1.25 bits per heavy atom. The van der Waals surface area contributed by atoms with Crippen molar-refractivity contribution in [3.05, 3.63) is 33.8 Å². The summed E-state index contributed by atoms with van der Waals surface area (Å²) in [5, 5.41) is 1.22. The standard InChI is InChI=1S/C9H9Cl2N/c10-7-2-1-5(3-8(7)11)6-4-9(6)12/h1-3,6,9H,4,12H2/t6-,9-/m1/s1. The Morgan fingerprint density at radius 2 is 1.92 bits per heavy atom. The van der Waals surface area contributed by atoms with E-state index in [1.165, 1.54) is 5.56 Å². The largest absolute Gasteiger partial charge is 0.327 e. The molecule has 0 amide bonds. The topological polar surface area (TPSA) is 26.0 Å². The minimum Gasteiger partial charge on any atom is -0.327 e. The summed E-state index contributed by atoms with van der Waals surface area (Å²) < 4.78 is 0. The normalized spacial score (nSPS) is 27.2. The zero-order valence-corrected chi connectivity index (χ0v) is 7.94. The van der Waals surface area contributed by atoms with Gasteiger partial charge < -0.3 is 5.73 Å². The lowest BCUT2D eigenvalue weighted by atomic mass is 10.1. The first-order chi connectivity index (χ1) is 5.68. The number of hydrogen-bond acceptors (Lipinski definition) is 1. The van der Waals surface area contributed by atoms with Gasteiger partial charge in [0.2, 0.25) is 0 Å². The molecule has 2 atom stereocenters. The second kappa shape index (κ2) is 2.91. The lowest BCUT2D eigenvalue weighted by molar-refractivity contribution is 0.991. The van der Waals surface area contributed by atoms with Gasteiger partial charge in [-0.2, -0.15) is 0 Å². The molecular weight excluding hydrogens is 193 g/mol. The van der Waals surface area contributed by atoms with Crippen molar-refractivity contribution in [3.63, 3.8) is 0 Å². The highest BCUT2D eigenvalue weighted by Gasteiger charge is 2.34. The average Bonchev–Trinajstić information content (AvgIpc) is 2.73. The molecule has 64 valence electrons. The van der Waals surface area contributed by atoms with Crippen LogP contribution in [0.5, 0.6) is 0 Å². The van der Waals surface area contributed by atoms with Gasteiger partial charge in [0.25, 0.3) is 0 Å². The molecule has 0 bridgehead atoms. The van der Waals surface area contributed by atoms with Crippen LogP contribution >= 0.6 is 23.2 Å². The van der Waals surface area contributed by atoms with Gasteiger partial charge in [-0.1, -0.05) is 29.3 Å². The second-order valence-corrected chi connectivity index (χ2v) is 3.99. The maximum atomic E-state index is 5.86. The molecule has 0 unspecified atom stereocenters. The van der Waals surface area contributed by atoms with E-state index in [4.69, 9.17) is 28.9 Å². The third kappa shape index (κ3) is 1.45. The van der Waals surface area contributed by atoms with Gasteiger partial charge in [-0.3, -0.25) is 0 Å². The summed E-state index contributed by atoms with van der Waals surface area (Å²) in [5.74, 6) is 0.500. The van der Waals surface area contributed by atoms with Gasteiger partial charge in [-0.05, 0) is 24.1 Å². The Morgan fingerprint density at radius 3 is 2.42 bits per heavy atom. The Balaban J connectivity index is 2.29. The summed E-state index contributed by atoms with van der Waals surface area (Å²) in [6, 6.07) is 6.04. The van der Waals surface area contributed by atoms with Gasteiger partial charge in [0, 0.05) is 12.0 Å². The van der Waals surface area contributed by atoms with E-state index < -0.39 is 0 Å². The van der Waals surface area contributed by atoms with Crippen LogP contribution in [0.25, 0.3) is 0 Å². The van der Waals surface area contributed by atoms with Crippen molar-refractivity contribution in [2.45, 2.75) is 18.4 Å². The molecular formula is C9H9Cl2N. The van der Waals surface area contributed by atoms with Gasteiger partial charge in [0.1, 0.15) is 0 Å². The summed E-state index contributed by atoms with van der Waals surface area (Å²) in [7, 11) is 0. The summed E-state index contributed by atoms with van der Waals surface area (Å²) in [5.41, 5.74) is 6.92. The van der Waals surface area contributed by atoms with Gasteiger partial charge >= 0.3 is 0 Å². The molecule has 0 aliphatic heterocycles. The van der Waals surface area contributed by atoms with Crippen molar-refractivity contribution in [3.8, 4) is 0 Å². The molecule has 2 N–H and O–H groups in total. The van der Waals surface area contributed by atoms with Crippen LogP contribution in [-0.2, 0) is 0 Å². The monoisotopic (exact) mass is 201 g/mol. The van der Waals surface area contributed by atoms with Crippen molar-refractivity contribution in [2.24, 2.45) is 5.73 Å². The van der Waals surface area contributed by atoms with Gasteiger partial charge in [0.05, 0.1) is 10.0 Å². The maximum Gasteiger partial charge on any atom is 0.0595 e. The second-order valence-electron chi connectivity index (χ2n) is 3.18. The summed E-state index contributed by atoms with van der Waals surface area (Å²) >= 11 is 11.6. The maximum absolute atomic E-state index is 5.86. The first-order valence-corrected chi connectivity index (χ1v) is 4.64. The fraction of sp³-hybridized carbons (Fsp3) is 0.333. The summed E-state index contributed by atoms with van der Waals surface area (Å²) in [6.45, 7) is 0. The molecule has 0 radical (unpaired) electrons. The molecule has 0 spiro atoms. The van der Waals surface area contributed by atoms with Crippen molar-refractivity contribution in [2.75, 3.05) is 0 Å². The van der Waals surface area contributed by atoms with Crippen LogP contribution in [0.3, 0.4) is 0 Å². The fourth-order valence-corrected chi connectivity index (χ4v) is 1.65. The quantitative estimate of drug-likeness (QED) is 0.744. The van der Waals surface area contributed by atoms with Crippen molar-refractivity contribution >= 4 is 23.2 Å². The number of nitrogens with two attached hydrogens (primary N) is 1. The van der Waals surface area contributed by atoms with Crippen molar-refractivity contribution in [1.82, 2.24) is 0 Å². The molecule has 1 aliphatic rings. The Bertz CT molecular complexity index is 311. The van der Waals surface area contributed by atoms with Crippen LogP contribution in [0.4, 0.5) is 0 Å². The molecule has 2 rings (SSSR count). The number of rotatable bonds is 1. The first kappa shape index (κ1) is 8.36. The SMILES string of the molecule is N[C@@H]1C[C@@H]1c1ccc(Cl)c(Cl)c1. The number of benzene rings is 1. The van der Waals surface area contributed by atoms with E-state index in [1.807, 2.05) is 18.2 Å². The highest BCUT2D eigenvalue weighted by atomic mass is 35.5. The molecule has 1 fully saturated rings. The molecule has 1 aromatic rings. The molecule has 3 heteroatoms. The fourth-order valence-electron chi connectivity index (χ4n) is 1.34. The zero-order chi connectivity index (χ0) is 8.72. The average molecular weight is 202 g/mol. The van der Waals surface area contributed by atoms with E-state index in [0.29, 0.717) is 22.0 Å². The van der Waals surface area contributed by atoms with Gasteiger partial charge in [-0.25, -0.2) is 0 Å². The van der Waals surface area contributed by atoms with Gasteiger partial charge in [-0.15, -0.1) is 0 Å².